The molecule has 0 fully saturated rings. The Bertz CT molecular complexity index is 353. The molecule has 0 saturated heterocycles. The molecular weight excluding hydrogens is 162 g/mol. The lowest BCUT2D eigenvalue weighted by molar-refractivity contribution is 1.31. The van der Waals surface area contributed by atoms with Crippen LogP contribution < -0.4 is 5.73 Å². The molecule has 1 rings (SSSR count). The Hall–Kier alpha value is -1.90. The van der Waals surface area contributed by atoms with Gasteiger partial charge in [-0.3, -0.25) is 9.98 Å². The van der Waals surface area contributed by atoms with E-state index in [0.29, 0.717) is 5.69 Å². The molecule has 3 nitrogen and oxygen atoms in total. The summed E-state index contributed by atoms with van der Waals surface area (Å²) in [6.45, 7) is 7.03. The highest BCUT2D eigenvalue weighted by molar-refractivity contribution is 5.74. The monoisotopic (exact) mass is 173 g/mol. The third-order valence-corrected chi connectivity index (χ3v) is 1.54. The smallest absolute Gasteiger partial charge is 0.0506 e. The second-order valence-electron chi connectivity index (χ2n) is 2.48. The van der Waals surface area contributed by atoms with Gasteiger partial charge < -0.3 is 5.73 Å². The fourth-order valence-corrected chi connectivity index (χ4v) is 0.959. The highest BCUT2D eigenvalue weighted by atomic mass is 14.7. The van der Waals surface area contributed by atoms with Crippen LogP contribution in [0.3, 0.4) is 0 Å². The lowest BCUT2D eigenvalue weighted by Gasteiger charge is -2.00. The van der Waals surface area contributed by atoms with Gasteiger partial charge in [0.15, 0.2) is 0 Å². The maximum absolute atomic E-state index is 5.58. The van der Waals surface area contributed by atoms with Crippen molar-refractivity contribution in [2.24, 2.45) is 4.99 Å². The van der Waals surface area contributed by atoms with Crippen molar-refractivity contribution in [3.8, 4) is 0 Å². The van der Waals surface area contributed by atoms with Crippen molar-refractivity contribution >= 4 is 18.0 Å². The van der Waals surface area contributed by atoms with Crippen molar-refractivity contribution in [3.05, 3.63) is 42.9 Å². The van der Waals surface area contributed by atoms with Crippen LogP contribution in [0.25, 0.3) is 5.57 Å². The summed E-state index contributed by atoms with van der Waals surface area (Å²) in [6, 6.07) is 1.81. The number of pyridine rings is 1. The number of allylic oxidation sites excluding steroid dienone is 2. The van der Waals surface area contributed by atoms with Gasteiger partial charge in [-0.2, -0.15) is 0 Å². The fourth-order valence-electron chi connectivity index (χ4n) is 0.959. The quantitative estimate of drug-likeness (QED) is 0.560. The zero-order valence-electron chi connectivity index (χ0n) is 7.27. The predicted octanol–water partition coefficient (Wildman–Crippen LogP) is 1.89. The number of hydrogen-bond acceptors (Lipinski definition) is 3. The minimum Gasteiger partial charge on any atom is -0.397 e. The van der Waals surface area contributed by atoms with Crippen LogP contribution in [0.1, 0.15) is 5.56 Å². The number of nitrogens with zero attached hydrogens (tertiary/aromatic N) is 2. The zero-order chi connectivity index (χ0) is 9.68. The minimum atomic E-state index is 0.620. The Labute approximate surface area is 77.3 Å². The molecule has 0 aliphatic heterocycles. The van der Waals surface area contributed by atoms with Crippen LogP contribution in [0, 0.1) is 0 Å². The van der Waals surface area contributed by atoms with E-state index in [2.05, 4.69) is 23.3 Å². The topological polar surface area (TPSA) is 51.3 Å². The van der Waals surface area contributed by atoms with Gasteiger partial charge in [0.05, 0.1) is 5.69 Å². The molecule has 3 heteroatoms. The summed E-state index contributed by atoms with van der Waals surface area (Å²) in [7, 11) is 0. The molecular formula is C10H11N3. The van der Waals surface area contributed by atoms with Gasteiger partial charge in [0.25, 0.3) is 0 Å². The Morgan fingerprint density at radius 3 is 2.85 bits per heavy atom. The maximum atomic E-state index is 5.58. The van der Waals surface area contributed by atoms with Gasteiger partial charge in [0.2, 0.25) is 0 Å². The molecule has 66 valence electrons. The van der Waals surface area contributed by atoms with Crippen LogP contribution in [-0.2, 0) is 0 Å². The van der Waals surface area contributed by atoms with Crippen molar-refractivity contribution in [2.75, 3.05) is 5.73 Å². The first-order valence-corrected chi connectivity index (χ1v) is 3.77. The Morgan fingerprint density at radius 1 is 1.54 bits per heavy atom. The number of nitrogen functional groups attached to an aromatic ring is 1. The molecule has 0 aliphatic rings. The number of rotatable bonds is 3. The van der Waals surface area contributed by atoms with Gasteiger partial charge >= 0.3 is 0 Å². The van der Waals surface area contributed by atoms with Crippen LogP contribution in [-0.4, -0.2) is 11.7 Å². The molecule has 0 atom stereocenters. The van der Waals surface area contributed by atoms with Crippen molar-refractivity contribution in [1.29, 1.82) is 0 Å². The highest BCUT2D eigenvalue weighted by Crippen LogP contribution is 2.16. The van der Waals surface area contributed by atoms with Crippen molar-refractivity contribution < 1.29 is 0 Å². The number of aliphatic imine (C=N–C) groups is 1. The Kier molecular flexibility index (Phi) is 2.97. The molecule has 0 aliphatic carbocycles. The van der Waals surface area contributed by atoms with Gasteiger partial charge in [-0.25, -0.2) is 0 Å². The van der Waals surface area contributed by atoms with Gasteiger partial charge in [-0.15, -0.1) is 0 Å². The second-order valence-corrected chi connectivity index (χ2v) is 2.48. The normalized spacial score (nSPS) is 10.9. The van der Waals surface area contributed by atoms with E-state index in [9.17, 15) is 0 Å². The first-order valence-electron chi connectivity index (χ1n) is 3.77. The highest BCUT2D eigenvalue weighted by Gasteiger charge is 1.97. The van der Waals surface area contributed by atoms with E-state index in [4.69, 9.17) is 5.73 Å². The van der Waals surface area contributed by atoms with Gasteiger partial charge in [-0.1, -0.05) is 12.7 Å². The van der Waals surface area contributed by atoms with E-state index >= 15 is 0 Å². The molecule has 2 N–H and O–H groups in total. The van der Waals surface area contributed by atoms with Crippen LogP contribution in [0.15, 0.2) is 42.3 Å². The lowest BCUT2D eigenvalue weighted by Crippen LogP contribution is -1.89. The van der Waals surface area contributed by atoms with Crippen molar-refractivity contribution in [2.45, 2.75) is 0 Å². The number of nitrogens with two attached hydrogens (primary N) is 1. The summed E-state index contributed by atoms with van der Waals surface area (Å²) < 4.78 is 0. The molecule has 1 heterocycles. The van der Waals surface area contributed by atoms with E-state index in [1.807, 2.05) is 6.07 Å². The Morgan fingerprint density at radius 2 is 2.31 bits per heavy atom. The van der Waals surface area contributed by atoms with Crippen molar-refractivity contribution in [3.63, 3.8) is 0 Å². The fraction of sp³-hybridized carbons (Fsp3) is 0. The van der Waals surface area contributed by atoms with E-state index in [-0.39, 0.29) is 0 Å². The second kappa shape index (κ2) is 4.21. The van der Waals surface area contributed by atoms with Gasteiger partial charge in [-0.05, 0) is 12.8 Å². The summed E-state index contributed by atoms with van der Waals surface area (Å²) in [4.78, 5) is 7.62. The largest absolute Gasteiger partial charge is 0.397 e. The molecule has 0 bridgehead atoms. The van der Waals surface area contributed by atoms with E-state index < -0.39 is 0 Å². The van der Waals surface area contributed by atoms with Crippen molar-refractivity contribution in [1.82, 2.24) is 4.98 Å². The molecule has 0 aromatic carbocycles. The van der Waals surface area contributed by atoms with Gasteiger partial charge in [0.1, 0.15) is 0 Å². The standard InChI is InChI=1S/C10H11N3/c1-3-8(5-12-2)9-4-10(11)7-13-6-9/h3-7H,1-2,11H2. The summed E-state index contributed by atoms with van der Waals surface area (Å²) in [6.07, 6.45) is 6.59. The summed E-state index contributed by atoms with van der Waals surface area (Å²) in [5, 5.41) is 0. The number of aromatic nitrogens is 1. The first-order chi connectivity index (χ1) is 6.27. The molecule has 1 aromatic heterocycles. The summed E-state index contributed by atoms with van der Waals surface area (Å²) in [5.74, 6) is 0. The third kappa shape index (κ3) is 2.27. The molecule has 0 saturated carbocycles. The summed E-state index contributed by atoms with van der Waals surface area (Å²) >= 11 is 0. The van der Waals surface area contributed by atoms with Crippen LogP contribution in [0.2, 0.25) is 0 Å². The summed E-state index contributed by atoms with van der Waals surface area (Å²) in [5.41, 5.74) is 7.94. The van der Waals surface area contributed by atoms with E-state index in [1.165, 1.54) is 0 Å². The molecule has 0 spiro atoms. The first kappa shape index (κ1) is 9.19. The zero-order valence-corrected chi connectivity index (χ0v) is 7.27. The maximum Gasteiger partial charge on any atom is 0.0506 e. The average molecular weight is 173 g/mol. The molecule has 0 unspecified atom stereocenters. The van der Waals surface area contributed by atoms with Crippen LogP contribution in [0.5, 0.6) is 0 Å². The predicted molar refractivity (Wildman–Crippen MR) is 56.4 cm³/mol. The van der Waals surface area contributed by atoms with E-state index in [0.717, 1.165) is 11.1 Å². The van der Waals surface area contributed by atoms with Gasteiger partial charge in [0, 0.05) is 29.7 Å². The number of hydrogen-bond donors (Lipinski definition) is 1. The SMILES string of the molecule is C=CC(=CN=C)c1cncc(N)c1. The lowest BCUT2D eigenvalue weighted by atomic mass is 10.1. The third-order valence-electron chi connectivity index (χ3n) is 1.54. The molecule has 0 radical (unpaired) electrons. The molecule has 0 amide bonds. The number of anilines is 1. The minimum absolute atomic E-state index is 0.620. The Balaban J connectivity index is 3.12. The van der Waals surface area contributed by atoms with Crippen LogP contribution in [0.4, 0.5) is 5.69 Å². The average Bonchev–Trinajstić information content (AvgIpc) is 2.14. The van der Waals surface area contributed by atoms with E-state index in [1.54, 1.807) is 24.7 Å². The molecule has 1 aromatic rings. The van der Waals surface area contributed by atoms with Crippen LogP contribution >= 0.6 is 0 Å². The molecule has 13 heavy (non-hydrogen) atoms.